The minimum absolute atomic E-state index is 0.109. The number of hydrogen-bond acceptors (Lipinski definition) is 4. The van der Waals surface area contributed by atoms with Crippen LogP contribution in [0.4, 0.5) is 11.4 Å². The van der Waals surface area contributed by atoms with Crippen molar-refractivity contribution in [3.8, 4) is 5.75 Å². The van der Waals surface area contributed by atoms with Gasteiger partial charge in [-0.1, -0.05) is 12.1 Å². The molecule has 0 aromatic heterocycles. The molecule has 0 fully saturated rings. The van der Waals surface area contributed by atoms with Crippen molar-refractivity contribution in [2.24, 2.45) is 0 Å². The van der Waals surface area contributed by atoms with Gasteiger partial charge in [0, 0.05) is 11.4 Å². The Balaban J connectivity index is 1.81. The van der Waals surface area contributed by atoms with Crippen molar-refractivity contribution in [2.75, 3.05) is 23.0 Å². The van der Waals surface area contributed by atoms with E-state index in [0.29, 0.717) is 12.3 Å². The number of hydrogen-bond donors (Lipinski definition) is 2. The second kappa shape index (κ2) is 10.0. The van der Waals surface area contributed by atoms with E-state index in [0.717, 1.165) is 22.6 Å². The molecule has 27 heavy (non-hydrogen) atoms. The molecule has 0 saturated carbocycles. The fraction of sp³-hybridized carbons (Fsp3) is 0.333. The highest BCUT2D eigenvalue weighted by atomic mass is 32.2. The van der Waals surface area contributed by atoms with Gasteiger partial charge in [-0.3, -0.25) is 9.59 Å². The van der Waals surface area contributed by atoms with E-state index in [1.807, 2.05) is 51.1 Å². The fourth-order valence-electron chi connectivity index (χ4n) is 2.38. The predicted octanol–water partition coefficient (Wildman–Crippen LogP) is 4.40. The van der Waals surface area contributed by atoms with Gasteiger partial charge in [-0.05, 0) is 69.2 Å². The molecule has 1 atom stereocenters. The van der Waals surface area contributed by atoms with Crippen LogP contribution in [0.25, 0.3) is 0 Å². The van der Waals surface area contributed by atoms with Crippen molar-refractivity contribution >= 4 is 35.0 Å². The lowest BCUT2D eigenvalue weighted by Crippen LogP contribution is -2.25. The van der Waals surface area contributed by atoms with Crippen molar-refractivity contribution in [3.05, 3.63) is 53.6 Å². The number of anilines is 2. The SMILES string of the molecule is CCOc1ccc(NC(=O)CSC(C)C(=O)Nc2cc(C)ccc2C)cc1. The molecule has 0 saturated heterocycles. The van der Waals surface area contributed by atoms with Gasteiger partial charge in [0.1, 0.15) is 5.75 Å². The Kier molecular flexibility index (Phi) is 7.73. The molecule has 1 unspecified atom stereocenters. The lowest BCUT2D eigenvalue weighted by Gasteiger charge is -2.14. The zero-order valence-electron chi connectivity index (χ0n) is 16.2. The molecule has 0 aliphatic rings. The molecule has 5 nitrogen and oxygen atoms in total. The van der Waals surface area contributed by atoms with Gasteiger partial charge in [-0.25, -0.2) is 0 Å². The zero-order valence-corrected chi connectivity index (χ0v) is 17.0. The summed E-state index contributed by atoms with van der Waals surface area (Å²) in [5, 5.41) is 5.42. The Morgan fingerprint density at radius 2 is 1.78 bits per heavy atom. The van der Waals surface area contributed by atoms with Gasteiger partial charge < -0.3 is 15.4 Å². The summed E-state index contributed by atoms with van der Waals surface area (Å²) in [7, 11) is 0. The van der Waals surface area contributed by atoms with E-state index in [1.54, 1.807) is 19.1 Å². The molecule has 2 rings (SSSR count). The van der Waals surface area contributed by atoms with E-state index >= 15 is 0 Å². The highest BCUT2D eigenvalue weighted by Gasteiger charge is 2.16. The summed E-state index contributed by atoms with van der Waals surface area (Å²) in [5.74, 6) is 0.717. The largest absolute Gasteiger partial charge is 0.494 e. The van der Waals surface area contributed by atoms with Crippen molar-refractivity contribution < 1.29 is 14.3 Å². The first-order valence-electron chi connectivity index (χ1n) is 8.91. The third-order valence-electron chi connectivity index (χ3n) is 3.93. The van der Waals surface area contributed by atoms with Crippen LogP contribution in [0, 0.1) is 13.8 Å². The van der Waals surface area contributed by atoms with E-state index in [1.165, 1.54) is 11.8 Å². The quantitative estimate of drug-likeness (QED) is 0.706. The molecular formula is C21H26N2O3S. The predicted molar refractivity (Wildman–Crippen MR) is 113 cm³/mol. The molecule has 2 aromatic rings. The smallest absolute Gasteiger partial charge is 0.237 e. The van der Waals surface area contributed by atoms with Gasteiger partial charge >= 0.3 is 0 Å². The number of rotatable bonds is 8. The maximum Gasteiger partial charge on any atom is 0.237 e. The normalized spacial score (nSPS) is 11.6. The van der Waals surface area contributed by atoms with Crippen LogP contribution in [0.2, 0.25) is 0 Å². The zero-order chi connectivity index (χ0) is 19.8. The Hall–Kier alpha value is -2.47. The molecular weight excluding hydrogens is 360 g/mol. The van der Waals surface area contributed by atoms with E-state index in [2.05, 4.69) is 10.6 Å². The fourth-order valence-corrected chi connectivity index (χ4v) is 3.06. The molecule has 0 bridgehead atoms. The maximum absolute atomic E-state index is 12.4. The molecule has 2 amide bonds. The van der Waals surface area contributed by atoms with Crippen molar-refractivity contribution in [3.63, 3.8) is 0 Å². The lowest BCUT2D eigenvalue weighted by atomic mass is 10.1. The Labute approximate surface area is 164 Å². The minimum Gasteiger partial charge on any atom is -0.494 e. The summed E-state index contributed by atoms with van der Waals surface area (Å²) in [6, 6.07) is 13.2. The second-order valence-electron chi connectivity index (χ2n) is 6.27. The first kappa shape index (κ1) is 20.8. The average molecular weight is 387 g/mol. The van der Waals surface area contributed by atoms with Crippen molar-refractivity contribution in [2.45, 2.75) is 32.9 Å². The molecule has 6 heteroatoms. The van der Waals surface area contributed by atoms with E-state index in [4.69, 9.17) is 4.74 Å². The highest BCUT2D eigenvalue weighted by Crippen LogP contribution is 2.20. The number of thioether (sulfide) groups is 1. The maximum atomic E-state index is 12.4. The van der Waals surface area contributed by atoms with Gasteiger partial charge in [-0.2, -0.15) is 0 Å². The first-order valence-corrected chi connectivity index (χ1v) is 9.96. The number of aryl methyl sites for hydroxylation is 2. The summed E-state index contributed by atoms with van der Waals surface area (Å²) < 4.78 is 5.37. The van der Waals surface area contributed by atoms with Gasteiger partial charge in [0.25, 0.3) is 0 Å². The van der Waals surface area contributed by atoms with E-state index < -0.39 is 0 Å². The van der Waals surface area contributed by atoms with Crippen LogP contribution >= 0.6 is 11.8 Å². The van der Waals surface area contributed by atoms with Crippen LogP contribution < -0.4 is 15.4 Å². The number of carbonyl (C=O) groups is 2. The van der Waals surface area contributed by atoms with Crippen LogP contribution in [-0.2, 0) is 9.59 Å². The van der Waals surface area contributed by atoms with Crippen molar-refractivity contribution in [1.82, 2.24) is 0 Å². The molecule has 0 heterocycles. The first-order chi connectivity index (χ1) is 12.9. The molecule has 2 aromatic carbocycles. The van der Waals surface area contributed by atoms with Gasteiger partial charge in [-0.15, -0.1) is 11.8 Å². The van der Waals surface area contributed by atoms with E-state index in [9.17, 15) is 9.59 Å². The highest BCUT2D eigenvalue weighted by molar-refractivity contribution is 8.01. The Morgan fingerprint density at radius 3 is 2.44 bits per heavy atom. The van der Waals surface area contributed by atoms with Gasteiger partial charge in [0.05, 0.1) is 17.6 Å². The Morgan fingerprint density at radius 1 is 1.07 bits per heavy atom. The van der Waals surface area contributed by atoms with E-state index in [-0.39, 0.29) is 22.8 Å². The number of ether oxygens (including phenoxy) is 1. The van der Waals surface area contributed by atoms with Crippen LogP contribution in [0.5, 0.6) is 5.75 Å². The number of nitrogens with one attached hydrogen (secondary N) is 2. The number of amides is 2. The number of carbonyl (C=O) groups excluding carboxylic acids is 2. The van der Waals surface area contributed by atoms with Gasteiger partial charge in [0.2, 0.25) is 11.8 Å². The Bertz CT molecular complexity index is 791. The molecule has 0 radical (unpaired) electrons. The molecule has 144 valence electrons. The lowest BCUT2D eigenvalue weighted by molar-refractivity contribution is -0.115. The van der Waals surface area contributed by atoms with Crippen LogP contribution in [0.1, 0.15) is 25.0 Å². The third kappa shape index (κ3) is 6.64. The van der Waals surface area contributed by atoms with Crippen LogP contribution in [0.3, 0.4) is 0 Å². The minimum atomic E-state index is -0.337. The summed E-state index contributed by atoms with van der Waals surface area (Å²) >= 11 is 1.30. The average Bonchev–Trinajstić information content (AvgIpc) is 2.64. The monoisotopic (exact) mass is 386 g/mol. The molecule has 2 N–H and O–H groups in total. The summed E-state index contributed by atoms with van der Waals surface area (Å²) in [4.78, 5) is 24.5. The van der Waals surface area contributed by atoms with Gasteiger partial charge in [0.15, 0.2) is 0 Å². The molecule has 0 aliphatic carbocycles. The topological polar surface area (TPSA) is 67.4 Å². The third-order valence-corrected chi connectivity index (χ3v) is 5.08. The number of benzene rings is 2. The van der Waals surface area contributed by atoms with Crippen LogP contribution in [0.15, 0.2) is 42.5 Å². The van der Waals surface area contributed by atoms with Crippen molar-refractivity contribution in [1.29, 1.82) is 0 Å². The van der Waals surface area contributed by atoms with Crippen LogP contribution in [-0.4, -0.2) is 29.4 Å². The standard InChI is InChI=1S/C21H26N2O3S/c1-5-26-18-10-8-17(9-11-18)22-20(24)13-27-16(4)21(25)23-19-12-14(2)6-7-15(19)3/h6-12,16H,5,13H2,1-4H3,(H,22,24)(H,23,25). The molecule has 0 spiro atoms. The summed E-state index contributed by atoms with van der Waals surface area (Å²) in [6.45, 7) is 8.26. The molecule has 0 aliphatic heterocycles. The summed E-state index contributed by atoms with van der Waals surface area (Å²) in [6.07, 6.45) is 0. The second-order valence-corrected chi connectivity index (χ2v) is 7.60. The summed E-state index contributed by atoms with van der Waals surface area (Å²) in [5.41, 5.74) is 3.62.